The van der Waals surface area contributed by atoms with Crippen LogP contribution in [0.1, 0.15) is 41.7 Å². The molecular formula is C19H22N4O. The summed E-state index contributed by atoms with van der Waals surface area (Å²) in [7, 11) is 0. The van der Waals surface area contributed by atoms with E-state index < -0.39 is 0 Å². The Bertz CT molecular complexity index is 751. The molecule has 0 saturated carbocycles. The number of furan rings is 1. The third kappa shape index (κ3) is 3.57. The Balaban J connectivity index is 1.40. The molecule has 3 heterocycles. The summed E-state index contributed by atoms with van der Waals surface area (Å²) in [6.45, 7) is 2.96. The highest BCUT2D eigenvalue weighted by molar-refractivity contribution is 5.19. The molecular weight excluding hydrogens is 300 g/mol. The average molecular weight is 322 g/mol. The van der Waals surface area contributed by atoms with Gasteiger partial charge in [-0.2, -0.15) is 5.10 Å². The number of piperidine rings is 1. The van der Waals surface area contributed by atoms with Gasteiger partial charge < -0.3 is 4.42 Å². The number of benzene rings is 1. The number of nitrogens with zero attached hydrogens (tertiary/aromatic N) is 3. The molecule has 1 atom stereocenters. The number of likely N-dealkylation sites (tertiary alicyclic amines) is 1. The van der Waals surface area contributed by atoms with Gasteiger partial charge in [0.2, 0.25) is 0 Å². The highest BCUT2D eigenvalue weighted by Gasteiger charge is 2.25. The highest BCUT2D eigenvalue weighted by Crippen LogP contribution is 2.25. The maximum absolute atomic E-state index is 5.47. The van der Waals surface area contributed by atoms with Gasteiger partial charge >= 0.3 is 0 Å². The van der Waals surface area contributed by atoms with Crippen LogP contribution in [0, 0.1) is 0 Å². The third-order valence-electron chi connectivity index (χ3n) is 4.59. The summed E-state index contributed by atoms with van der Waals surface area (Å²) in [5.74, 6) is 3.31. The van der Waals surface area contributed by atoms with Crippen molar-refractivity contribution in [1.82, 2.24) is 20.1 Å². The van der Waals surface area contributed by atoms with Crippen molar-refractivity contribution in [3.63, 3.8) is 0 Å². The van der Waals surface area contributed by atoms with Gasteiger partial charge in [-0.1, -0.05) is 30.3 Å². The smallest absolute Gasteiger partial charge is 0.155 e. The van der Waals surface area contributed by atoms with E-state index in [-0.39, 0.29) is 0 Å². The van der Waals surface area contributed by atoms with Crippen LogP contribution in [0.5, 0.6) is 0 Å². The zero-order chi connectivity index (χ0) is 16.2. The van der Waals surface area contributed by atoms with E-state index in [1.807, 2.05) is 18.2 Å². The Kier molecular flexibility index (Phi) is 4.42. The van der Waals surface area contributed by atoms with E-state index in [4.69, 9.17) is 9.40 Å². The SMILES string of the molecule is c1ccc(Cc2nc(C3CCCN(Cc4ccco4)C3)n[nH]2)cc1. The van der Waals surface area contributed by atoms with E-state index in [2.05, 4.69) is 39.4 Å². The van der Waals surface area contributed by atoms with Crippen LogP contribution in [0.3, 0.4) is 0 Å². The van der Waals surface area contributed by atoms with Gasteiger partial charge in [-0.25, -0.2) is 4.98 Å². The minimum Gasteiger partial charge on any atom is -0.468 e. The molecule has 0 radical (unpaired) electrons. The van der Waals surface area contributed by atoms with E-state index in [0.717, 1.165) is 49.9 Å². The maximum Gasteiger partial charge on any atom is 0.155 e. The fourth-order valence-corrected chi connectivity index (χ4v) is 3.39. The first-order valence-corrected chi connectivity index (χ1v) is 8.56. The van der Waals surface area contributed by atoms with Crippen molar-refractivity contribution < 1.29 is 4.42 Å². The molecule has 3 aromatic rings. The minimum atomic E-state index is 0.398. The van der Waals surface area contributed by atoms with Crippen LogP contribution in [0.2, 0.25) is 0 Å². The van der Waals surface area contributed by atoms with Gasteiger partial charge in [-0.3, -0.25) is 10.00 Å². The molecule has 5 nitrogen and oxygen atoms in total. The Morgan fingerprint density at radius 1 is 1.17 bits per heavy atom. The predicted octanol–water partition coefficient (Wildman–Crippen LogP) is 3.37. The summed E-state index contributed by atoms with van der Waals surface area (Å²) in [4.78, 5) is 7.17. The number of hydrogen-bond acceptors (Lipinski definition) is 4. The van der Waals surface area contributed by atoms with Crippen LogP contribution in [-0.2, 0) is 13.0 Å². The summed E-state index contributed by atoms with van der Waals surface area (Å²) >= 11 is 0. The van der Waals surface area contributed by atoms with Gasteiger partial charge in [0.1, 0.15) is 11.6 Å². The molecule has 0 bridgehead atoms. The summed E-state index contributed by atoms with van der Waals surface area (Å²) < 4.78 is 5.47. The fourth-order valence-electron chi connectivity index (χ4n) is 3.39. The molecule has 5 heteroatoms. The first kappa shape index (κ1) is 15.1. The fraction of sp³-hybridized carbons (Fsp3) is 0.368. The van der Waals surface area contributed by atoms with Crippen molar-refractivity contribution in [2.45, 2.75) is 31.7 Å². The summed E-state index contributed by atoms with van der Waals surface area (Å²) in [6, 6.07) is 14.4. The first-order valence-electron chi connectivity index (χ1n) is 8.56. The van der Waals surface area contributed by atoms with Crippen LogP contribution in [0.25, 0.3) is 0 Å². The van der Waals surface area contributed by atoms with E-state index in [1.165, 1.54) is 12.0 Å². The van der Waals surface area contributed by atoms with E-state index in [1.54, 1.807) is 6.26 Å². The van der Waals surface area contributed by atoms with E-state index in [0.29, 0.717) is 5.92 Å². The normalized spacial score (nSPS) is 18.8. The Hall–Kier alpha value is -2.40. The lowest BCUT2D eigenvalue weighted by Crippen LogP contribution is -2.34. The minimum absolute atomic E-state index is 0.398. The molecule has 1 aromatic carbocycles. The van der Waals surface area contributed by atoms with Crippen molar-refractivity contribution in [3.05, 3.63) is 71.7 Å². The number of hydrogen-bond donors (Lipinski definition) is 1. The standard InChI is InChI=1S/C19H22N4O/c1-2-6-15(7-3-1)12-18-20-19(22-21-18)16-8-4-10-23(13-16)14-17-9-5-11-24-17/h1-3,5-7,9,11,16H,4,8,10,12-14H2,(H,20,21,22). The molecule has 0 spiro atoms. The molecule has 0 aliphatic carbocycles. The Morgan fingerprint density at radius 2 is 2.08 bits per heavy atom. The number of nitrogens with one attached hydrogen (secondary N) is 1. The van der Waals surface area contributed by atoms with Crippen molar-refractivity contribution in [1.29, 1.82) is 0 Å². The van der Waals surface area contributed by atoms with Gasteiger partial charge in [-0.15, -0.1) is 0 Å². The molecule has 0 amide bonds. The summed E-state index contributed by atoms with van der Waals surface area (Å²) in [6.07, 6.45) is 4.86. The van der Waals surface area contributed by atoms with Gasteiger partial charge in [0.05, 0.1) is 12.8 Å². The molecule has 1 aliphatic heterocycles. The quantitative estimate of drug-likeness (QED) is 0.782. The monoisotopic (exact) mass is 322 g/mol. The maximum atomic E-state index is 5.47. The van der Waals surface area contributed by atoms with Crippen LogP contribution < -0.4 is 0 Å². The lowest BCUT2D eigenvalue weighted by molar-refractivity contribution is 0.183. The molecule has 1 unspecified atom stereocenters. The molecule has 4 rings (SSSR count). The van der Waals surface area contributed by atoms with Gasteiger partial charge in [0.25, 0.3) is 0 Å². The number of aromatic amines is 1. The predicted molar refractivity (Wildman–Crippen MR) is 91.6 cm³/mol. The van der Waals surface area contributed by atoms with Crippen LogP contribution in [-0.4, -0.2) is 33.2 Å². The lowest BCUT2D eigenvalue weighted by Gasteiger charge is -2.30. The van der Waals surface area contributed by atoms with Gasteiger partial charge in [-0.05, 0) is 37.1 Å². The lowest BCUT2D eigenvalue weighted by atomic mass is 9.97. The Morgan fingerprint density at radius 3 is 2.92 bits per heavy atom. The topological polar surface area (TPSA) is 58.0 Å². The molecule has 1 N–H and O–H groups in total. The van der Waals surface area contributed by atoms with Crippen molar-refractivity contribution in [2.75, 3.05) is 13.1 Å². The molecule has 1 aliphatic rings. The second kappa shape index (κ2) is 7.01. The molecule has 2 aromatic heterocycles. The van der Waals surface area contributed by atoms with Crippen molar-refractivity contribution >= 4 is 0 Å². The van der Waals surface area contributed by atoms with Crippen LogP contribution in [0.4, 0.5) is 0 Å². The molecule has 124 valence electrons. The second-order valence-electron chi connectivity index (χ2n) is 6.46. The molecule has 1 saturated heterocycles. The second-order valence-corrected chi connectivity index (χ2v) is 6.46. The number of aromatic nitrogens is 3. The first-order chi connectivity index (χ1) is 11.9. The number of H-pyrrole nitrogens is 1. The third-order valence-corrected chi connectivity index (χ3v) is 4.59. The molecule has 1 fully saturated rings. The molecule has 24 heavy (non-hydrogen) atoms. The van der Waals surface area contributed by atoms with E-state index in [9.17, 15) is 0 Å². The largest absolute Gasteiger partial charge is 0.468 e. The average Bonchev–Trinajstić information content (AvgIpc) is 3.28. The van der Waals surface area contributed by atoms with Crippen LogP contribution >= 0.6 is 0 Å². The van der Waals surface area contributed by atoms with Crippen molar-refractivity contribution in [3.8, 4) is 0 Å². The Labute approximate surface area is 141 Å². The highest BCUT2D eigenvalue weighted by atomic mass is 16.3. The van der Waals surface area contributed by atoms with Crippen LogP contribution in [0.15, 0.2) is 53.1 Å². The zero-order valence-electron chi connectivity index (χ0n) is 13.7. The van der Waals surface area contributed by atoms with Gasteiger partial charge in [0, 0.05) is 18.9 Å². The zero-order valence-corrected chi connectivity index (χ0v) is 13.7. The van der Waals surface area contributed by atoms with Gasteiger partial charge in [0.15, 0.2) is 5.82 Å². The summed E-state index contributed by atoms with van der Waals surface area (Å²) in [5, 5.41) is 7.60. The van der Waals surface area contributed by atoms with E-state index >= 15 is 0 Å². The number of rotatable bonds is 5. The summed E-state index contributed by atoms with van der Waals surface area (Å²) in [5.41, 5.74) is 1.25. The van der Waals surface area contributed by atoms with Crippen molar-refractivity contribution in [2.24, 2.45) is 0 Å².